The van der Waals surface area contributed by atoms with Crippen molar-refractivity contribution in [3.63, 3.8) is 0 Å². The zero-order chi connectivity index (χ0) is 16.1. The van der Waals surface area contributed by atoms with Crippen molar-refractivity contribution >= 4 is 5.91 Å². The van der Waals surface area contributed by atoms with Crippen LogP contribution in [0.1, 0.15) is 23.3 Å². The second-order valence-corrected chi connectivity index (χ2v) is 6.56. The summed E-state index contributed by atoms with van der Waals surface area (Å²) in [5.41, 5.74) is 0.557. The van der Waals surface area contributed by atoms with Gasteiger partial charge in [-0.3, -0.25) is 14.4 Å². The second-order valence-electron chi connectivity index (χ2n) is 6.56. The van der Waals surface area contributed by atoms with Gasteiger partial charge in [0.25, 0.3) is 5.91 Å². The van der Waals surface area contributed by atoms with E-state index < -0.39 is 0 Å². The molecule has 0 spiro atoms. The first kappa shape index (κ1) is 16.4. The molecule has 1 amide bonds. The summed E-state index contributed by atoms with van der Waals surface area (Å²) in [6.45, 7) is 6.73. The van der Waals surface area contributed by atoms with Crippen molar-refractivity contribution in [1.82, 2.24) is 20.0 Å². The highest BCUT2D eigenvalue weighted by molar-refractivity contribution is 5.92. The van der Waals surface area contributed by atoms with Crippen molar-refractivity contribution in [3.05, 3.63) is 18.0 Å². The third-order valence-corrected chi connectivity index (χ3v) is 4.79. The fourth-order valence-electron chi connectivity index (χ4n) is 3.32. The van der Waals surface area contributed by atoms with Gasteiger partial charge in [-0.15, -0.1) is 0 Å². The van der Waals surface area contributed by atoms with Crippen LogP contribution in [-0.2, 0) is 16.5 Å². The van der Waals surface area contributed by atoms with Crippen LogP contribution < -0.4 is 5.32 Å². The summed E-state index contributed by atoms with van der Waals surface area (Å²) >= 11 is 0. The molecule has 3 heterocycles. The molecule has 0 saturated carbocycles. The average Bonchev–Trinajstić information content (AvgIpc) is 3.01. The monoisotopic (exact) mass is 322 g/mol. The van der Waals surface area contributed by atoms with E-state index in [0.717, 1.165) is 58.9 Å². The highest BCUT2D eigenvalue weighted by atomic mass is 16.5. The Bertz CT molecular complexity index is 519. The summed E-state index contributed by atoms with van der Waals surface area (Å²) in [7, 11) is 1.81. The molecule has 3 rings (SSSR count). The smallest absolute Gasteiger partial charge is 0.271 e. The van der Waals surface area contributed by atoms with Gasteiger partial charge in [-0.05, 0) is 18.9 Å². The molecule has 2 aliphatic rings. The lowest BCUT2D eigenvalue weighted by atomic mass is 9.79. The molecule has 128 valence electrons. The Morgan fingerprint density at radius 2 is 1.96 bits per heavy atom. The maximum Gasteiger partial charge on any atom is 0.271 e. The van der Waals surface area contributed by atoms with E-state index in [4.69, 9.17) is 9.47 Å². The van der Waals surface area contributed by atoms with Gasteiger partial charge >= 0.3 is 0 Å². The maximum absolute atomic E-state index is 12.3. The molecule has 1 aromatic heterocycles. The number of morpholine rings is 1. The van der Waals surface area contributed by atoms with Crippen molar-refractivity contribution in [1.29, 1.82) is 0 Å². The molecule has 0 aromatic carbocycles. The number of carbonyl (C=O) groups excluding carboxylic acids is 1. The van der Waals surface area contributed by atoms with Gasteiger partial charge in [-0.2, -0.15) is 5.10 Å². The fraction of sp³-hybridized carbons (Fsp3) is 0.750. The third kappa shape index (κ3) is 4.31. The minimum Gasteiger partial charge on any atom is -0.381 e. The number of ether oxygens (including phenoxy) is 2. The average molecular weight is 322 g/mol. The van der Waals surface area contributed by atoms with Crippen molar-refractivity contribution in [2.24, 2.45) is 12.5 Å². The standard InChI is InChI=1S/C16H26N4O3/c1-19-5-2-14(18-19)15(21)17-12-16(3-8-22-9-4-16)13-20-6-10-23-11-7-20/h2,5H,3-4,6-13H2,1H3,(H,17,21). The van der Waals surface area contributed by atoms with Crippen LogP contribution in [0.2, 0.25) is 0 Å². The van der Waals surface area contributed by atoms with E-state index in [-0.39, 0.29) is 11.3 Å². The minimum absolute atomic E-state index is 0.0834. The fourth-order valence-corrected chi connectivity index (χ4v) is 3.32. The molecule has 0 unspecified atom stereocenters. The predicted octanol–water partition coefficient (Wildman–Crippen LogP) is 0.279. The van der Waals surface area contributed by atoms with Gasteiger partial charge < -0.3 is 14.8 Å². The molecule has 2 aliphatic heterocycles. The van der Waals surface area contributed by atoms with Crippen LogP contribution in [-0.4, -0.2) is 73.2 Å². The first-order valence-corrected chi connectivity index (χ1v) is 8.33. The summed E-state index contributed by atoms with van der Waals surface area (Å²) in [4.78, 5) is 14.7. The molecule has 1 N–H and O–H groups in total. The van der Waals surface area contributed by atoms with Crippen LogP contribution in [0.25, 0.3) is 0 Å². The van der Waals surface area contributed by atoms with Gasteiger partial charge in [0.2, 0.25) is 0 Å². The number of aromatic nitrogens is 2. The van der Waals surface area contributed by atoms with E-state index in [1.165, 1.54) is 0 Å². The summed E-state index contributed by atoms with van der Waals surface area (Å²) in [5, 5.41) is 7.25. The van der Waals surface area contributed by atoms with E-state index >= 15 is 0 Å². The quantitative estimate of drug-likeness (QED) is 0.843. The van der Waals surface area contributed by atoms with E-state index in [9.17, 15) is 4.79 Å². The second kappa shape index (κ2) is 7.42. The van der Waals surface area contributed by atoms with Crippen molar-refractivity contribution < 1.29 is 14.3 Å². The van der Waals surface area contributed by atoms with E-state index in [1.807, 2.05) is 7.05 Å². The van der Waals surface area contributed by atoms with Crippen LogP contribution in [0.5, 0.6) is 0 Å². The van der Waals surface area contributed by atoms with Crippen molar-refractivity contribution in [2.45, 2.75) is 12.8 Å². The predicted molar refractivity (Wildman–Crippen MR) is 85.3 cm³/mol. The van der Waals surface area contributed by atoms with Gasteiger partial charge in [0.15, 0.2) is 0 Å². The Kier molecular flexibility index (Phi) is 5.30. The normalized spacial score (nSPS) is 22.0. The SMILES string of the molecule is Cn1ccc(C(=O)NCC2(CN3CCOCC3)CCOCC2)n1. The van der Waals surface area contributed by atoms with E-state index in [2.05, 4.69) is 15.3 Å². The van der Waals surface area contributed by atoms with Gasteiger partial charge in [0, 0.05) is 58.1 Å². The highest BCUT2D eigenvalue weighted by Crippen LogP contribution is 2.31. The first-order valence-electron chi connectivity index (χ1n) is 8.33. The Balaban J connectivity index is 1.60. The lowest BCUT2D eigenvalue weighted by Gasteiger charge is -2.42. The van der Waals surface area contributed by atoms with Gasteiger partial charge in [-0.1, -0.05) is 0 Å². The molecule has 0 aliphatic carbocycles. The van der Waals surface area contributed by atoms with Crippen molar-refractivity contribution in [3.8, 4) is 0 Å². The van der Waals surface area contributed by atoms with Gasteiger partial charge in [0.1, 0.15) is 5.69 Å². The zero-order valence-corrected chi connectivity index (χ0v) is 13.8. The van der Waals surface area contributed by atoms with E-state index in [1.54, 1.807) is 16.9 Å². The molecular weight excluding hydrogens is 296 g/mol. The number of carbonyl (C=O) groups is 1. The molecule has 0 radical (unpaired) electrons. The summed E-state index contributed by atoms with van der Waals surface area (Å²) in [6.07, 6.45) is 3.74. The van der Waals surface area contributed by atoms with Crippen LogP contribution in [0.3, 0.4) is 0 Å². The zero-order valence-electron chi connectivity index (χ0n) is 13.8. The van der Waals surface area contributed by atoms with Crippen LogP contribution in [0.15, 0.2) is 12.3 Å². The number of hydrogen-bond donors (Lipinski definition) is 1. The maximum atomic E-state index is 12.3. The van der Waals surface area contributed by atoms with Crippen molar-refractivity contribution in [2.75, 3.05) is 52.6 Å². The molecule has 7 nitrogen and oxygen atoms in total. The lowest BCUT2D eigenvalue weighted by Crippen LogP contribution is -2.50. The molecule has 2 fully saturated rings. The Hall–Kier alpha value is -1.44. The topological polar surface area (TPSA) is 68.6 Å². The molecular formula is C16H26N4O3. The molecule has 7 heteroatoms. The van der Waals surface area contributed by atoms with Crippen LogP contribution in [0.4, 0.5) is 0 Å². The van der Waals surface area contributed by atoms with Crippen LogP contribution >= 0.6 is 0 Å². The Morgan fingerprint density at radius 1 is 1.26 bits per heavy atom. The van der Waals surface area contributed by atoms with Gasteiger partial charge in [0.05, 0.1) is 13.2 Å². The third-order valence-electron chi connectivity index (χ3n) is 4.79. The largest absolute Gasteiger partial charge is 0.381 e. The molecule has 0 bridgehead atoms. The van der Waals surface area contributed by atoms with Gasteiger partial charge in [-0.25, -0.2) is 0 Å². The molecule has 23 heavy (non-hydrogen) atoms. The first-order chi connectivity index (χ1) is 11.2. The number of nitrogens with one attached hydrogen (secondary N) is 1. The summed E-state index contributed by atoms with van der Waals surface area (Å²) in [6, 6.07) is 1.74. The number of amides is 1. The summed E-state index contributed by atoms with van der Waals surface area (Å²) in [5.74, 6) is -0.0987. The minimum atomic E-state index is -0.0987. The molecule has 0 atom stereocenters. The summed E-state index contributed by atoms with van der Waals surface area (Å²) < 4.78 is 12.6. The molecule has 1 aromatic rings. The Morgan fingerprint density at radius 3 is 2.61 bits per heavy atom. The Labute approximate surface area is 136 Å². The number of nitrogens with zero attached hydrogens (tertiary/aromatic N) is 3. The number of aryl methyl sites for hydroxylation is 1. The number of rotatable bonds is 5. The van der Waals surface area contributed by atoms with Crippen LogP contribution in [0, 0.1) is 5.41 Å². The molecule has 2 saturated heterocycles. The lowest BCUT2D eigenvalue weighted by molar-refractivity contribution is -0.0283. The van der Waals surface area contributed by atoms with E-state index in [0.29, 0.717) is 12.2 Å². The number of hydrogen-bond acceptors (Lipinski definition) is 5. The highest BCUT2D eigenvalue weighted by Gasteiger charge is 2.35.